The molecule has 1 rings (SSSR count). The lowest BCUT2D eigenvalue weighted by Gasteiger charge is -2.20. The highest BCUT2D eigenvalue weighted by atomic mass is 35.5. The molecule has 1 unspecified atom stereocenters. The van der Waals surface area contributed by atoms with Crippen LogP contribution in [-0.4, -0.2) is 19.6 Å². The molecule has 3 heteroatoms. The lowest BCUT2D eigenvalue weighted by atomic mass is 10.0. The second kappa shape index (κ2) is 8.44. The fourth-order valence-corrected chi connectivity index (χ4v) is 2.35. The molecule has 0 amide bonds. The zero-order chi connectivity index (χ0) is 14.3. The summed E-state index contributed by atoms with van der Waals surface area (Å²) < 4.78 is 0. The third kappa shape index (κ3) is 5.42. The van der Waals surface area contributed by atoms with Crippen molar-refractivity contribution in [3.63, 3.8) is 0 Å². The predicted molar refractivity (Wildman–Crippen MR) is 86.2 cm³/mol. The number of unbranched alkanes of at least 4 members (excludes halogenated alkanes) is 2. The van der Waals surface area contributed by atoms with E-state index in [1.807, 2.05) is 0 Å². The summed E-state index contributed by atoms with van der Waals surface area (Å²) in [5.41, 5.74) is 8.33. The van der Waals surface area contributed by atoms with Crippen molar-refractivity contribution in [1.29, 1.82) is 0 Å². The van der Waals surface area contributed by atoms with Crippen LogP contribution >= 0.6 is 11.6 Å². The van der Waals surface area contributed by atoms with Crippen LogP contribution < -0.4 is 10.6 Å². The van der Waals surface area contributed by atoms with Gasteiger partial charge in [-0.1, -0.05) is 44.4 Å². The topological polar surface area (TPSA) is 29.3 Å². The molecule has 2 N–H and O–H groups in total. The van der Waals surface area contributed by atoms with Gasteiger partial charge in [0, 0.05) is 30.3 Å². The van der Waals surface area contributed by atoms with Gasteiger partial charge in [0.15, 0.2) is 0 Å². The highest BCUT2D eigenvalue weighted by Crippen LogP contribution is 2.24. The zero-order valence-electron chi connectivity index (χ0n) is 12.5. The highest BCUT2D eigenvalue weighted by Gasteiger charge is 2.08. The fraction of sp³-hybridized carbons (Fsp3) is 0.625. The van der Waals surface area contributed by atoms with Crippen LogP contribution in [0.15, 0.2) is 18.2 Å². The third-order valence-corrected chi connectivity index (χ3v) is 3.93. The molecule has 0 saturated heterocycles. The molecule has 19 heavy (non-hydrogen) atoms. The summed E-state index contributed by atoms with van der Waals surface area (Å²) in [6, 6.07) is 6.52. The zero-order valence-corrected chi connectivity index (χ0v) is 13.2. The molecular weight excluding hydrogens is 256 g/mol. The summed E-state index contributed by atoms with van der Waals surface area (Å²) in [7, 11) is 2.12. The van der Waals surface area contributed by atoms with Crippen molar-refractivity contribution in [1.82, 2.24) is 0 Å². The van der Waals surface area contributed by atoms with Crippen LogP contribution in [0.2, 0.25) is 5.02 Å². The van der Waals surface area contributed by atoms with Crippen molar-refractivity contribution in [3.8, 4) is 0 Å². The molecule has 0 radical (unpaired) electrons. The van der Waals surface area contributed by atoms with E-state index in [2.05, 4.69) is 44.0 Å². The van der Waals surface area contributed by atoms with Gasteiger partial charge in [0.05, 0.1) is 0 Å². The van der Waals surface area contributed by atoms with Crippen molar-refractivity contribution >= 4 is 17.3 Å². The van der Waals surface area contributed by atoms with Crippen molar-refractivity contribution in [3.05, 3.63) is 28.8 Å². The first-order valence-corrected chi connectivity index (χ1v) is 7.71. The number of nitrogens with two attached hydrogens (primary N) is 1. The van der Waals surface area contributed by atoms with Gasteiger partial charge in [0.25, 0.3) is 0 Å². The van der Waals surface area contributed by atoms with Crippen LogP contribution in [0.5, 0.6) is 0 Å². The van der Waals surface area contributed by atoms with Crippen molar-refractivity contribution in [2.75, 3.05) is 18.5 Å². The maximum Gasteiger partial charge on any atom is 0.0459 e. The number of rotatable bonds is 8. The van der Waals surface area contributed by atoms with Crippen LogP contribution in [0.25, 0.3) is 0 Å². The minimum Gasteiger partial charge on any atom is -0.375 e. The number of nitrogens with zero attached hydrogens (tertiary/aromatic N) is 1. The van der Waals surface area contributed by atoms with E-state index in [1.165, 1.54) is 24.9 Å². The summed E-state index contributed by atoms with van der Waals surface area (Å²) >= 11 is 6.35. The van der Waals surface area contributed by atoms with E-state index in [1.54, 1.807) is 0 Å². The maximum atomic E-state index is 6.35. The van der Waals surface area contributed by atoms with Gasteiger partial charge in [-0.15, -0.1) is 0 Å². The Morgan fingerprint density at radius 3 is 2.58 bits per heavy atom. The van der Waals surface area contributed by atoms with Crippen LogP contribution in [0.4, 0.5) is 5.69 Å². The molecule has 2 nitrogen and oxygen atoms in total. The summed E-state index contributed by atoms with van der Waals surface area (Å²) in [6.45, 7) is 5.41. The Hall–Kier alpha value is -0.730. The Kier molecular flexibility index (Phi) is 7.25. The molecule has 108 valence electrons. The molecule has 0 bridgehead atoms. The van der Waals surface area contributed by atoms with E-state index in [0.717, 1.165) is 30.0 Å². The molecule has 1 aromatic carbocycles. The summed E-state index contributed by atoms with van der Waals surface area (Å²) in [4.78, 5) is 2.27. The van der Waals surface area contributed by atoms with Gasteiger partial charge in [-0.3, -0.25) is 0 Å². The van der Waals surface area contributed by atoms with E-state index < -0.39 is 0 Å². The number of benzene rings is 1. The fourth-order valence-electron chi connectivity index (χ4n) is 2.09. The minimum atomic E-state index is 0.200. The molecule has 0 aliphatic heterocycles. The van der Waals surface area contributed by atoms with Gasteiger partial charge in [-0.25, -0.2) is 0 Å². The monoisotopic (exact) mass is 282 g/mol. The Labute approximate surface area is 122 Å². The maximum absolute atomic E-state index is 6.35. The number of anilines is 1. The lowest BCUT2D eigenvalue weighted by molar-refractivity contribution is 0.646. The molecule has 0 heterocycles. The molecule has 0 aliphatic carbocycles. The van der Waals surface area contributed by atoms with Crippen LogP contribution in [0.1, 0.15) is 45.1 Å². The SMILES string of the molecule is CCCCCN(C)c1ccc(CC(N)CC)c(Cl)c1. The Bertz CT molecular complexity index is 379. The number of halogens is 1. The largest absolute Gasteiger partial charge is 0.375 e. The first-order valence-electron chi connectivity index (χ1n) is 7.33. The molecule has 0 aliphatic rings. The van der Waals surface area contributed by atoms with Crippen molar-refractivity contribution in [2.24, 2.45) is 5.73 Å². The van der Waals surface area contributed by atoms with E-state index in [4.69, 9.17) is 17.3 Å². The summed E-state index contributed by atoms with van der Waals surface area (Å²) in [6.07, 6.45) is 5.60. The van der Waals surface area contributed by atoms with Gasteiger partial charge in [0.2, 0.25) is 0 Å². The van der Waals surface area contributed by atoms with Gasteiger partial charge >= 0.3 is 0 Å². The summed E-state index contributed by atoms with van der Waals surface area (Å²) in [5.74, 6) is 0. The van der Waals surface area contributed by atoms with Gasteiger partial charge in [-0.05, 0) is 37.0 Å². The lowest BCUT2D eigenvalue weighted by Crippen LogP contribution is -2.22. The molecule has 1 aromatic rings. The summed E-state index contributed by atoms with van der Waals surface area (Å²) in [5, 5.41) is 0.837. The predicted octanol–water partition coefficient (Wildman–Crippen LogP) is 4.25. The number of hydrogen-bond acceptors (Lipinski definition) is 2. The first-order chi connectivity index (χ1) is 9.08. The Morgan fingerprint density at radius 1 is 1.26 bits per heavy atom. The average Bonchev–Trinajstić information content (AvgIpc) is 2.41. The molecule has 0 spiro atoms. The van der Waals surface area contributed by atoms with Gasteiger partial charge < -0.3 is 10.6 Å². The van der Waals surface area contributed by atoms with Crippen molar-refractivity contribution in [2.45, 2.75) is 52.0 Å². The Balaban J connectivity index is 2.65. The molecule has 0 aromatic heterocycles. The second-order valence-corrected chi connectivity index (χ2v) is 5.68. The standard InChI is InChI=1S/C16H27ClN2/c1-4-6-7-10-19(3)15-9-8-13(16(17)12-15)11-14(18)5-2/h8-9,12,14H,4-7,10-11,18H2,1-3H3. The molecule has 1 atom stereocenters. The number of hydrogen-bond donors (Lipinski definition) is 1. The van der Waals surface area contributed by atoms with E-state index in [9.17, 15) is 0 Å². The molecule has 0 fully saturated rings. The van der Waals surface area contributed by atoms with E-state index in [0.29, 0.717) is 0 Å². The molecular formula is C16H27ClN2. The third-order valence-electron chi connectivity index (χ3n) is 3.58. The second-order valence-electron chi connectivity index (χ2n) is 5.28. The highest BCUT2D eigenvalue weighted by molar-refractivity contribution is 6.31. The quantitative estimate of drug-likeness (QED) is 0.723. The first kappa shape index (κ1) is 16.3. The smallest absolute Gasteiger partial charge is 0.0459 e. The van der Waals surface area contributed by atoms with E-state index >= 15 is 0 Å². The average molecular weight is 283 g/mol. The van der Waals surface area contributed by atoms with Gasteiger partial charge in [0.1, 0.15) is 0 Å². The van der Waals surface area contributed by atoms with Crippen LogP contribution in [0, 0.1) is 0 Å². The van der Waals surface area contributed by atoms with Gasteiger partial charge in [-0.2, -0.15) is 0 Å². The Morgan fingerprint density at radius 2 is 2.00 bits per heavy atom. The van der Waals surface area contributed by atoms with Crippen LogP contribution in [0.3, 0.4) is 0 Å². The van der Waals surface area contributed by atoms with Crippen molar-refractivity contribution < 1.29 is 0 Å². The minimum absolute atomic E-state index is 0.200. The van der Waals surface area contributed by atoms with Crippen LogP contribution in [-0.2, 0) is 6.42 Å². The molecule has 0 saturated carbocycles. The van der Waals surface area contributed by atoms with E-state index in [-0.39, 0.29) is 6.04 Å². The normalized spacial score (nSPS) is 12.5.